The predicted octanol–water partition coefficient (Wildman–Crippen LogP) is 3.59. The number of rotatable bonds is 3. The highest BCUT2D eigenvalue weighted by atomic mass is 16.5. The van der Waals surface area contributed by atoms with Crippen LogP contribution in [0.5, 0.6) is 0 Å². The summed E-state index contributed by atoms with van der Waals surface area (Å²) in [6.45, 7) is 4.34. The van der Waals surface area contributed by atoms with E-state index in [1.165, 1.54) is 10.6 Å². The molecule has 17 heavy (non-hydrogen) atoms. The van der Waals surface area contributed by atoms with E-state index in [9.17, 15) is 0 Å². The molecule has 0 aliphatic carbocycles. The summed E-state index contributed by atoms with van der Waals surface area (Å²) in [6.07, 6.45) is 0. The van der Waals surface area contributed by atoms with Crippen LogP contribution in [0.3, 0.4) is 0 Å². The van der Waals surface area contributed by atoms with E-state index >= 15 is 0 Å². The van der Waals surface area contributed by atoms with Crippen molar-refractivity contribution < 1.29 is 5.21 Å². The van der Waals surface area contributed by atoms with E-state index in [2.05, 4.69) is 26.0 Å². The second-order valence-electron chi connectivity index (χ2n) is 4.42. The summed E-state index contributed by atoms with van der Waals surface area (Å²) >= 11 is 0. The molecule has 0 bridgehead atoms. The van der Waals surface area contributed by atoms with Gasteiger partial charge in [0.05, 0.1) is 0 Å². The van der Waals surface area contributed by atoms with Crippen molar-refractivity contribution in [1.29, 1.82) is 0 Å². The molecule has 0 aliphatic rings. The summed E-state index contributed by atoms with van der Waals surface area (Å²) in [6, 6.07) is 17.9. The number of para-hydroxylation sites is 1. The van der Waals surface area contributed by atoms with Crippen molar-refractivity contribution >= 4 is 11.4 Å². The first-order valence-corrected chi connectivity index (χ1v) is 5.85. The summed E-state index contributed by atoms with van der Waals surface area (Å²) < 4.78 is 0. The average Bonchev–Trinajstić information content (AvgIpc) is 2.39. The lowest BCUT2D eigenvalue weighted by atomic mass is 10.0. The van der Waals surface area contributed by atoms with Crippen molar-refractivity contribution in [1.82, 2.24) is 0 Å². The fraction of sp³-hybridized carbons (Fsp3) is 0.200. The summed E-state index contributed by atoms with van der Waals surface area (Å²) in [4.78, 5) is 0. The molecule has 0 amide bonds. The van der Waals surface area contributed by atoms with Gasteiger partial charge in [0.2, 0.25) is 0 Å². The molecule has 0 unspecified atom stereocenters. The van der Waals surface area contributed by atoms with E-state index in [1.807, 2.05) is 42.5 Å². The molecule has 0 saturated heterocycles. The van der Waals surface area contributed by atoms with Crippen LogP contribution in [0, 0.1) is 0 Å². The van der Waals surface area contributed by atoms with Crippen LogP contribution in [0.1, 0.15) is 25.3 Å². The molecular weight excluding hydrogens is 210 g/mol. The van der Waals surface area contributed by atoms with Crippen LogP contribution >= 0.6 is 0 Å². The van der Waals surface area contributed by atoms with Crippen molar-refractivity contribution in [3.63, 3.8) is 0 Å². The first-order valence-electron chi connectivity index (χ1n) is 5.85. The van der Waals surface area contributed by atoms with Crippen LogP contribution in [0.4, 0.5) is 11.4 Å². The van der Waals surface area contributed by atoms with Gasteiger partial charge in [-0.25, -0.2) is 0 Å². The summed E-state index contributed by atoms with van der Waals surface area (Å²) in [5.74, 6) is 0.528. The number of anilines is 2. The summed E-state index contributed by atoms with van der Waals surface area (Å²) in [5.41, 5.74) is 3.07. The molecule has 2 N–H and O–H groups in total. The number of hydrogen-bond acceptors (Lipinski definition) is 1. The van der Waals surface area contributed by atoms with Gasteiger partial charge in [-0.15, -0.1) is 5.06 Å². The fourth-order valence-electron chi connectivity index (χ4n) is 1.73. The van der Waals surface area contributed by atoms with Crippen LogP contribution in [-0.2, 0) is 0 Å². The highest BCUT2D eigenvalue weighted by molar-refractivity contribution is 5.60. The molecule has 0 atom stereocenters. The Labute approximate surface area is 102 Å². The van der Waals surface area contributed by atoms with Gasteiger partial charge in [0, 0.05) is 0 Å². The van der Waals surface area contributed by atoms with Gasteiger partial charge in [-0.1, -0.05) is 44.2 Å². The molecule has 0 heterocycles. The van der Waals surface area contributed by atoms with Crippen LogP contribution in [0.15, 0.2) is 54.6 Å². The second kappa shape index (κ2) is 5.02. The monoisotopic (exact) mass is 228 g/mol. The maximum atomic E-state index is 8.07. The van der Waals surface area contributed by atoms with E-state index in [4.69, 9.17) is 5.21 Å². The zero-order valence-electron chi connectivity index (χ0n) is 10.2. The normalized spacial score (nSPS) is 10.6. The van der Waals surface area contributed by atoms with Crippen LogP contribution < -0.4 is 5.06 Å². The Morgan fingerprint density at radius 1 is 0.824 bits per heavy atom. The van der Waals surface area contributed by atoms with Crippen molar-refractivity contribution in [2.24, 2.45) is 0 Å². The Bertz CT molecular complexity index is 462. The molecular formula is C15H18NO+. The van der Waals surface area contributed by atoms with Gasteiger partial charge in [-0.05, 0) is 35.7 Å². The van der Waals surface area contributed by atoms with Gasteiger partial charge < -0.3 is 5.21 Å². The number of hydrogen-bond donors (Lipinski definition) is 0. The lowest BCUT2D eigenvalue weighted by Gasteiger charge is -2.13. The van der Waals surface area contributed by atoms with Gasteiger partial charge in [0.1, 0.15) is 11.4 Å². The van der Waals surface area contributed by atoms with Gasteiger partial charge in [0.15, 0.2) is 0 Å². The molecule has 2 aromatic carbocycles. The second-order valence-corrected chi connectivity index (χ2v) is 4.42. The Morgan fingerprint density at radius 3 is 1.88 bits per heavy atom. The Morgan fingerprint density at radius 2 is 1.35 bits per heavy atom. The lowest BCUT2D eigenvalue weighted by molar-refractivity contribution is 0.301. The third-order valence-corrected chi connectivity index (χ3v) is 2.83. The summed E-state index contributed by atoms with van der Waals surface area (Å²) in [5, 5.41) is 9.51. The zero-order chi connectivity index (χ0) is 12.3. The molecule has 88 valence electrons. The zero-order valence-corrected chi connectivity index (χ0v) is 10.2. The standard InChI is InChI=1S/C15H17NO/c1-12(2)13-8-10-15(11-9-13)16(17)14-6-4-3-5-7-14/h3-12,17H,1-2H3/p+1. The molecule has 0 radical (unpaired) electrons. The van der Waals surface area contributed by atoms with Crippen LogP contribution in [-0.4, -0.2) is 5.21 Å². The van der Waals surface area contributed by atoms with E-state index in [0.29, 0.717) is 5.92 Å². The number of nitrogens with zero attached hydrogens (tertiary/aromatic N) is 1. The fourth-order valence-corrected chi connectivity index (χ4v) is 1.73. The van der Waals surface area contributed by atoms with E-state index in [1.54, 1.807) is 0 Å². The van der Waals surface area contributed by atoms with Crippen LogP contribution in [0.25, 0.3) is 0 Å². The largest absolute Gasteiger partial charge is 0.306 e. The minimum atomic E-state index is 0.528. The predicted molar refractivity (Wildman–Crippen MR) is 72.7 cm³/mol. The minimum Gasteiger partial charge on any atom is -0.306 e. The number of benzene rings is 2. The van der Waals surface area contributed by atoms with Crippen molar-refractivity contribution in [3.05, 3.63) is 60.2 Å². The van der Waals surface area contributed by atoms with Crippen LogP contribution in [0.2, 0.25) is 0 Å². The van der Waals surface area contributed by atoms with E-state index < -0.39 is 0 Å². The Balaban J connectivity index is 2.23. The first kappa shape index (κ1) is 11.7. The molecule has 2 heteroatoms. The van der Waals surface area contributed by atoms with Gasteiger partial charge >= 0.3 is 0 Å². The maximum Gasteiger partial charge on any atom is 0.114 e. The SMILES string of the molecule is CC(C)c1ccc(N([OH2+])c2ccccc2)cc1. The first-order chi connectivity index (χ1) is 8.18. The smallest absolute Gasteiger partial charge is 0.114 e. The quantitative estimate of drug-likeness (QED) is 0.582. The van der Waals surface area contributed by atoms with E-state index in [0.717, 1.165) is 11.4 Å². The van der Waals surface area contributed by atoms with Crippen molar-refractivity contribution in [2.45, 2.75) is 19.8 Å². The van der Waals surface area contributed by atoms with Gasteiger partial charge in [-0.2, -0.15) is 0 Å². The van der Waals surface area contributed by atoms with Crippen molar-refractivity contribution in [3.8, 4) is 0 Å². The summed E-state index contributed by atoms with van der Waals surface area (Å²) in [7, 11) is 0. The van der Waals surface area contributed by atoms with E-state index in [-0.39, 0.29) is 0 Å². The molecule has 0 aliphatic heterocycles. The average molecular weight is 228 g/mol. The Hall–Kier alpha value is -1.80. The highest BCUT2D eigenvalue weighted by Gasteiger charge is 2.09. The molecule has 2 nitrogen and oxygen atoms in total. The maximum absolute atomic E-state index is 8.07. The topological polar surface area (TPSA) is 26.1 Å². The molecule has 0 spiro atoms. The Kier molecular flexibility index (Phi) is 3.45. The minimum absolute atomic E-state index is 0.528. The molecule has 0 saturated carbocycles. The van der Waals surface area contributed by atoms with Gasteiger partial charge in [-0.3, -0.25) is 0 Å². The lowest BCUT2D eigenvalue weighted by Crippen LogP contribution is -2.10. The van der Waals surface area contributed by atoms with Gasteiger partial charge in [0.25, 0.3) is 0 Å². The van der Waals surface area contributed by atoms with Crippen molar-refractivity contribution in [2.75, 3.05) is 5.06 Å². The molecule has 2 rings (SSSR count). The third kappa shape index (κ3) is 2.66. The molecule has 2 aromatic rings. The molecule has 0 aromatic heterocycles. The third-order valence-electron chi connectivity index (χ3n) is 2.83. The molecule has 0 fully saturated rings. The highest BCUT2D eigenvalue weighted by Crippen LogP contribution is 2.24.